The van der Waals surface area contributed by atoms with Crippen molar-refractivity contribution in [3.63, 3.8) is 0 Å². The molecular weight excluding hydrogens is 371 g/mol. The Morgan fingerprint density at radius 1 is 1.31 bits per heavy atom. The van der Waals surface area contributed by atoms with Gasteiger partial charge in [-0.25, -0.2) is 4.98 Å². The summed E-state index contributed by atoms with van der Waals surface area (Å²) in [5.41, 5.74) is 7.30. The molecule has 0 saturated carbocycles. The van der Waals surface area contributed by atoms with Crippen molar-refractivity contribution in [3.05, 3.63) is 54.1 Å². The van der Waals surface area contributed by atoms with Gasteiger partial charge in [-0.2, -0.15) is 0 Å². The van der Waals surface area contributed by atoms with Crippen molar-refractivity contribution in [2.45, 2.75) is 44.7 Å². The van der Waals surface area contributed by atoms with Crippen LogP contribution in [0.1, 0.15) is 37.2 Å². The number of hydrogen-bond acceptors (Lipinski definition) is 3. The highest BCUT2D eigenvalue weighted by Gasteiger charge is 2.28. The molecule has 2 N–H and O–H groups in total. The summed E-state index contributed by atoms with van der Waals surface area (Å²) < 4.78 is 2.22. The van der Waals surface area contributed by atoms with Crippen LogP contribution < -0.4 is 5.73 Å². The number of hydrogen-bond donors (Lipinski definition) is 1. The molecule has 1 aliphatic heterocycles. The van der Waals surface area contributed by atoms with Gasteiger partial charge in [-0.1, -0.05) is 37.3 Å². The molecule has 0 spiro atoms. The molecule has 144 valence electrons. The Morgan fingerprint density at radius 2 is 2.04 bits per heavy atom. The molecule has 1 amide bonds. The fourth-order valence-electron chi connectivity index (χ4n) is 3.52. The summed E-state index contributed by atoms with van der Waals surface area (Å²) in [6.45, 7) is 3.64. The number of aryl methyl sites for hydroxylation is 1. The molecule has 5 nitrogen and oxygen atoms in total. The smallest absolute Gasteiger partial charge is 0.239 e. The standard InChI is InChI=1S/C19H26N4O.2ClH/c1-2-18-21-10-12-23(18)16-9-6-11-22(14-16)19(24)17(20)13-15-7-4-3-5-8-15;;/h3-5,7-8,10,12,16-17H,2,6,9,11,13-14,20H2,1H3;2*1H. The lowest BCUT2D eigenvalue weighted by Gasteiger charge is -2.35. The summed E-state index contributed by atoms with van der Waals surface area (Å²) in [7, 11) is 0. The number of rotatable bonds is 5. The number of aromatic nitrogens is 2. The third-order valence-corrected chi connectivity index (χ3v) is 4.78. The van der Waals surface area contributed by atoms with Gasteiger partial charge >= 0.3 is 0 Å². The first-order valence-electron chi connectivity index (χ1n) is 8.79. The van der Waals surface area contributed by atoms with E-state index in [0.29, 0.717) is 12.5 Å². The monoisotopic (exact) mass is 398 g/mol. The number of piperidine rings is 1. The summed E-state index contributed by atoms with van der Waals surface area (Å²) in [5, 5.41) is 0. The molecule has 2 aromatic rings. The van der Waals surface area contributed by atoms with Gasteiger partial charge in [0.25, 0.3) is 0 Å². The van der Waals surface area contributed by atoms with Crippen LogP contribution >= 0.6 is 24.8 Å². The normalized spacial score (nSPS) is 17.8. The van der Waals surface area contributed by atoms with E-state index < -0.39 is 6.04 Å². The maximum atomic E-state index is 12.7. The predicted molar refractivity (Wildman–Crippen MR) is 109 cm³/mol. The minimum Gasteiger partial charge on any atom is -0.339 e. The maximum absolute atomic E-state index is 12.7. The summed E-state index contributed by atoms with van der Waals surface area (Å²) in [5.74, 6) is 1.14. The largest absolute Gasteiger partial charge is 0.339 e. The van der Waals surface area contributed by atoms with E-state index in [9.17, 15) is 4.79 Å². The Morgan fingerprint density at radius 3 is 2.73 bits per heavy atom. The molecule has 0 radical (unpaired) electrons. The molecule has 2 heterocycles. The zero-order valence-electron chi connectivity index (χ0n) is 15.1. The molecular formula is C19H28Cl2N4O. The minimum absolute atomic E-state index is 0. The van der Waals surface area contributed by atoms with Gasteiger partial charge < -0.3 is 15.2 Å². The van der Waals surface area contributed by atoms with Gasteiger partial charge in [-0.05, 0) is 24.8 Å². The molecule has 0 bridgehead atoms. The van der Waals surface area contributed by atoms with E-state index in [4.69, 9.17) is 5.73 Å². The Hall–Kier alpha value is -1.56. The molecule has 3 rings (SSSR count). The molecule has 1 saturated heterocycles. The number of nitrogens with zero attached hydrogens (tertiary/aromatic N) is 3. The second kappa shape index (κ2) is 10.6. The zero-order chi connectivity index (χ0) is 16.9. The molecule has 26 heavy (non-hydrogen) atoms. The van der Waals surface area contributed by atoms with E-state index in [-0.39, 0.29) is 30.7 Å². The number of benzene rings is 1. The van der Waals surface area contributed by atoms with Gasteiger partial charge in [0, 0.05) is 31.9 Å². The average molecular weight is 399 g/mol. The van der Waals surface area contributed by atoms with Crippen LogP contribution in [0.2, 0.25) is 0 Å². The number of amides is 1. The number of carbonyl (C=O) groups excluding carboxylic acids is 1. The van der Waals surface area contributed by atoms with Crippen molar-refractivity contribution in [3.8, 4) is 0 Å². The molecule has 2 unspecified atom stereocenters. The van der Waals surface area contributed by atoms with E-state index in [1.807, 2.05) is 47.6 Å². The van der Waals surface area contributed by atoms with Crippen LogP contribution in [0, 0.1) is 0 Å². The molecule has 2 atom stereocenters. The fraction of sp³-hybridized carbons (Fsp3) is 0.474. The van der Waals surface area contributed by atoms with Crippen molar-refractivity contribution in [1.82, 2.24) is 14.5 Å². The lowest BCUT2D eigenvalue weighted by atomic mass is 10.0. The van der Waals surface area contributed by atoms with Gasteiger partial charge in [0.2, 0.25) is 5.91 Å². The van der Waals surface area contributed by atoms with E-state index in [0.717, 1.165) is 43.7 Å². The average Bonchev–Trinajstić information content (AvgIpc) is 3.11. The molecule has 0 aliphatic carbocycles. The third kappa shape index (κ3) is 5.22. The highest BCUT2D eigenvalue weighted by Crippen LogP contribution is 2.23. The number of carbonyl (C=O) groups is 1. The highest BCUT2D eigenvalue weighted by atomic mass is 35.5. The first kappa shape index (κ1) is 22.5. The lowest BCUT2D eigenvalue weighted by Crippen LogP contribution is -2.49. The SMILES string of the molecule is CCc1nccn1C1CCCN(C(=O)C(N)Cc2ccccc2)C1.Cl.Cl. The molecule has 1 aromatic carbocycles. The Labute approximate surface area is 167 Å². The summed E-state index contributed by atoms with van der Waals surface area (Å²) >= 11 is 0. The minimum atomic E-state index is -0.473. The first-order valence-corrected chi connectivity index (χ1v) is 8.79. The summed E-state index contributed by atoms with van der Waals surface area (Å²) in [4.78, 5) is 19.1. The van der Waals surface area contributed by atoms with Crippen LogP contribution in [0.5, 0.6) is 0 Å². The highest BCUT2D eigenvalue weighted by molar-refractivity contribution is 5.85. The topological polar surface area (TPSA) is 64.2 Å². The van der Waals surface area contributed by atoms with E-state index >= 15 is 0 Å². The maximum Gasteiger partial charge on any atom is 0.239 e. The molecule has 1 aromatic heterocycles. The second-order valence-corrected chi connectivity index (χ2v) is 6.48. The predicted octanol–water partition coefficient (Wildman–Crippen LogP) is 3.02. The number of likely N-dealkylation sites (tertiary alicyclic amines) is 1. The lowest BCUT2D eigenvalue weighted by molar-refractivity contribution is -0.134. The van der Waals surface area contributed by atoms with Crippen molar-refractivity contribution in [2.24, 2.45) is 5.73 Å². The summed E-state index contributed by atoms with van der Waals surface area (Å²) in [6, 6.07) is 9.81. The first-order chi connectivity index (χ1) is 11.7. The van der Waals surface area contributed by atoms with E-state index in [2.05, 4.69) is 16.5 Å². The van der Waals surface area contributed by atoms with Gasteiger partial charge in [0.15, 0.2) is 0 Å². The number of imidazole rings is 1. The molecule has 7 heteroatoms. The molecule has 1 fully saturated rings. The van der Waals surface area contributed by atoms with E-state index in [1.54, 1.807) is 0 Å². The van der Waals surface area contributed by atoms with Crippen LogP contribution in [0.4, 0.5) is 0 Å². The van der Waals surface area contributed by atoms with Gasteiger partial charge in [0.05, 0.1) is 12.1 Å². The summed E-state index contributed by atoms with van der Waals surface area (Å²) in [6.07, 6.45) is 7.47. The van der Waals surface area contributed by atoms with Crippen molar-refractivity contribution in [2.75, 3.05) is 13.1 Å². The number of halogens is 2. The van der Waals surface area contributed by atoms with Crippen LogP contribution in [-0.2, 0) is 17.6 Å². The number of nitrogens with two attached hydrogens (primary N) is 1. The van der Waals surface area contributed by atoms with Crippen molar-refractivity contribution < 1.29 is 4.79 Å². The van der Waals surface area contributed by atoms with Crippen LogP contribution in [0.3, 0.4) is 0 Å². The third-order valence-electron chi connectivity index (χ3n) is 4.78. The van der Waals surface area contributed by atoms with Gasteiger partial charge in [-0.3, -0.25) is 4.79 Å². The van der Waals surface area contributed by atoms with E-state index in [1.165, 1.54) is 0 Å². The van der Waals surface area contributed by atoms with Crippen molar-refractivity contribution >= 4 is 30.7 Å². The fourth-order valence-corrected chi connectivity index (χ4v) is 3.52. The van der Waals surface area contributed by atoms with Gasteiger partial charge in [-0.15, -0.1) is 24.8 Å². The van der Waals surface area contributed by atoms with Crippen molar-refractivity contribution in [1.29, 1.82) is 0 Å². The Bertz CT molecular complexity index is 677. The Kier molecular flexibility index (Phi) is 9.13. The Balaban J connectivity index is 0.00000169. The second-order valence-electron chi connectivity index (χ2n) is 6.48. The quantitative estimate of drug-likeness (QED) is 0.841. The zero-order valence-corrected chi connectivity index (χ0v) is 16.7. The van der Waals surface area contributed by atoms with Crippen LogP contribution in [0.25, 0.3) is 0 Å². The molecule has 1 aliphatic rings. The van der Waals surface area contributed by atoms with Crippen LogP contribution in [-0.4, -0.2) is 39.5 Å². The van der Waals surface area contributed by atoms with Gasteiger partial charge in [0.1, 0.15) is 5.82 Å². The van der Waals surface area contributed by atoms with Crippen LogP contribution in [0.15, 0.2) is 42.7 Å².